The van der Waals surface area contributed by atoms with Crippen LogP contribution in [0.25, 0.3) is 0 Å². The molecule has 0 bridgehead atoms. The molecule has 0 spiro atoms. The van der Waals surface area contributed by atoms with Crippen molar-refractivity contribution in [1.82, 2.24) is 4.90 Å². The number of hydrogen-bond donors (Lipinski definition) is 1. The molecule has 4 nitrogen and oxygen atoms in total. The Hall–Kier alpha value is -1.05. The number of hydrogen-bond acceptors (Lipinski definition) is 3. The lowest BCUT2D eigenvalue weighted by Crippen LogP contribution is -2.48. The number of nitrogens with zero attached hydrogens (tertiary/aromatic N) is 1. The highest BCUT2D eigenvalue weighted by Gasteiger charge is 2.30. The molecular formula is C17H24FIN2O2. The Kier molecular flexibility index (Phi) is 6.11. The van der Waals surface area contributed by atoms with Gasteiger partial charge in [-0.2, -0.15) is 0 Å². The summed E-state index contributed by atoms with van der Waals surface area (Å²) >= 11 is 2.11. The fraction of sp³-hybridized carbons (Fsp3) is 0.588. The van der Waals surface area contributed by atoms with Gasteiger partial charge in [-0.25, -0.2) is 9.18 Å². The second-order valence-corrected chi connectivity index (χ2v) is 7.99. The van der Waals surface area contributed by atoms with Gasteiger partial charge in [-0.1, -0.05) is 0 Å². The summed E-state index contributed by atoms with van der Waals surface area (Å²) in [7, 11) is 0. The second kappa shape index (κ2) is 7.68. The Bertz CT molecular complexity index is 560. The lowest BCUT2D eigenvalue weighted by atomic mass is 10.0. The molecule has 1 heterocycles. The Balaban J connectivity index is 1.99. The van der Waals surface area contributed by atoms with Crippen molar-refractivity contribution in [3.05, 3.63) is 27.6 Å². The topological polar surface area (TPSA) is 41.6 Å². The first-order chi connectivity index (χ1) is 10.8. The molecule has 2 rings (SSSR count). The van der Waals surface area contributed by atoms with E-state index in [1.54, 1.807) is 6.07 Å². The molecule has 0 aromatic heterocycles. The molecule has 23 heavy (non-hydrogen) atoms. The molecule has 1 unspecified atom stereocenters. The van der Waals surface area contributed by atoms with Crippen LogP contribution in [0.5, 0.6) is 0 Å². The summed E-state index contributed by atoms with van der Waals surface area (Å²) in [6, 6.07) is 4.77. The van der Waals surface area contributed by atoms with Gasteiger partial charge < -0.3 is 15.0 Å². The number of likely N-dealkylation sites (tertiary alicyclic amines) is 1. The normalized spacial score (nSPS) is 18.7. The summed E-state index contributed by atoms with van der Waals surface area (Å²) < 4.78 is 19.5. The summed E-state index contributed by atoms with van der Waals surface area (Å²) in [5.74, 6) is -0.243. The highest BCUT2D eigenvalue weighted by atomic mass is 127. The largest absolute Gasteiger partial charge is 0.444 e. The zero-order valence-electron chi connectivity index (χ0n) is 13.9. The number of anilines is 1. The molecule has 128 valence electrons. The number of amides is 1. The maximum atomic E-state index is 13.2. The Morgan fingerprint density at radius 1 is 1.43 bits per heavy atom. The third kappa shape index (κ3) is 5.51. The summed E-state index contributed by atoms with van der Waals surface area (Å²) in [6.07, 6.45) is 2.80. The van der Waals surface area contributed by atoms with Crippen LogP contribution in [-0.2, 0) is 4.74 Å². The molecule has 1 fully saturated rings. The van der Waals surface area contributed by atoms with Crippen LogP contribution >= 0.6 is 22.6 Å². The van der Waals surface area contributed by atoms with Crippen molar-refractivity contribution in [3.8, 4) is 0 Å². The predicted octanol–water partition coefficient (Wildman–Crippen LogP) is 4.63. The van der Waals surface area contributed by atoms with Gasteiger partial charge in [0, 0.05) is 22.3 Å². The number of benzene rings is 1. The predicted molar refractivity (Wildman–Crippen MR) is 98.2 cm³/mol. The van der Waals surface area contributed by atoms with Crippen LogP contribution in [0.2, 0.25) is 0 Å². The molecule has 0 saturated carbocycles. The zero-order valence-corrected chi connectivity index (χ0v) is 16.0. The summed E-state index contributed by atoms with van der Waals surface area (Å²) in [4.78, 5) is 14.2. The SMILES string of the molecule is CC(C)(C)OC(=O)N1CCCCC1CNc1ccc(F)cc1I. The number of carbonyl (C=O) groups excluding carboxylic acids is 1. The average molecular weight is 434 g/mol. The standard InChI is InChI=1S/C17H24FIN2O2/c1-17(2,3)23-16(22)21-9-5-4-6-13(21)11-20-15-8-7-12(18)10-14(15)19/h7-8,10,13,20H,4-6,9,11H2,1-3H3. The lowest BCUT2D eigenvalue weighted by molar-refractivity contribution is 0.0114. The number of ether oxygens (including phenoxy) is 1. The van der Waals surface area contributed by atoms with Crippen LogP contribution in [0.1, 0.15) is 40.0 Å². The highest BCUT2D eigenvalue weighted by Crippen LogP contribution is 2.23. The van der Waals surface area contributed by atoms with Crippen LogP contribution in [0.15, 0.2) is 18.2 Å². The Morgan fingerprint density at radius 3 is 2.83 bits per heavy atom. The highest BCUT2D eigenvalue weighted by molar-refractivity contribution is 14.1. The number of halogens is 2. The van der Waals surface area contributed by atoms with Crippen molar-refractivity contribution < 1.29 is 13.9 Å². The number of piperidine rings is 1. The van der Waals surface area contributed by atoms with Crippen molar-refractivity contribution in [2.75, 3.05) is 18.4 Å². The first-order valence-corrected chi connectivity index (χ1v) is 9.03. The Morgan fingerprint density at radius 2 is 2.17 bits per heavy atom. The van der Waals surface area contributed by atoms with Gasteiger partial charge in [0.1, 0.15) is 11.4 Å². The molecule has 1 atom stereocenters. The minimum Gasteiger partial charge on any atom is -0.444 e. The minimum absolute atomic E-state index is 0.0967. The fourth-order valence-corrected chi connectivity index (χ4v) is 3.30. The summed E-state index contributed by atoms with van der Waals surface area (Å²) in [5.41, 5.74) is 0.403. The molecule has 1 aromatic rings. The van der Waals surface area contributed by atoms with E-state index in [0.29, 0.717) is 6.54 Å². The van der Waals surface area contributed by atoms with Gasteiger partial charge in [-0.15, -0.1) is 0 Å². The first kappa shape index (κ1) is 18.3. The van der Waals surface area contributed by atoms with Crippen LogP contribution in [0.4, 0.5) is 14.9 Å². The van der Waals surface area contributed by atoms with Gasteiger partial charge in [0.15, 0.2) is 0 Å². The first-order valence-electron chi connectivity index (χ1n) is 7.95. The van der Waals surface area contributed by atoms with Crippen LogP contribution in [-0.4, -0.2) is 35.7 Å². The van der Waals surface area contributed by atoms with E-state index in [9.17, 15) is 9.18 Å². The molecule has 1 aliphatic rings. The van der Waals surface area contributed by atoms with E-state index >= 15 is 0 Å². The smallest absolute Gasteiger partial charge is 0.410 e. The molecular weight excluding hydrogens is 410 g/mol. The second-order valence-electron chi connectivity index (χ2n) is 6.83. The lowest BCUT2D eigenvalue weighted by Gasteiger charge is -2.37. The van der Waals surface area contributed by atoms with E-state index in [0.717, 1.165) is 35.1 Å². The quantitative estimate of drug-likeness (QED) is 0.706. The van der Waals surface area contributed by atoms with Crippen molar-refractivity contribution >= 4 is 34.4 Å². The van der Waals surface area contributed by atoms with E-state index < -0.39 is 5.60 Å². The molecule has 1 aliphatic heterocycles. The van der Waals surface area contributed by atoms with E-state index in [1.165, 1.54) is 12.1 Å². The van der Waals surface area contributed by atoms with Crippen molar-refractivity contribution in [2.45, 2.75) is 51.7 Å². The van der Waals surface area contributed by atoms with Crippen LogP contribution in [0, 0.1) is 9.39 Å². The van der Waals surface area contributed by atoms with E-state index in [1.807, 2.05) is 25.7 Å². The van der Waals surface area contributed by atoms with E-state index in [4.69, 9.17) is 4.74 Å². The number of carbonyl (C=O) groups is 1. The molecule has 6 heteroatoms. The third-order valence-electron chi connectivity index (χ3n) is 3.71. The maximum Gasteiger partial charge on any atom is 0.410 e. The van der Waals surface area contributed by atoms with Crippen molar-refractivity contribution in [1.29, 1.82) is 0 Å². The zero-order chi connectivity index (χ0) is 17.0. The van der Waals surface area contributed by atoms with Crippen molar-refractivity contribution in [2.24, 2.45) is 0 Å². The molecule has 0 aliphatic carbocycles. The molecule has 1 aromatic carbocycles. The third-order valence-corrected chi connectivity index (χ3v) is 4.61. The molecule has 1 N–H and O–H groups in total. The van der Waals surface area contributed by atoms with Gasteiger partial charge >= 0.3 is 6.09 Å². The molecule has 0 radical (unpaired) electrons. The van der Waals surface area contributed by atoms with Crippen LogP contribution < -0.4 is 5.32 Å². The average Bonchev–Trinajstić information content (AvgIpc) is 2.45. The Labute approximate surface area is 150 Å². The molecule has 1 saturated heterocycles. The summed E-state index contributed by atoms with van der Waals surface area (Å²) in [5, 5.41) is 3.33. The van der Waals surface area contributed by atoms with Crippen molar-refractivity contribution in [3.63, 3.8) is 0 Å². The fourth-order valence-electron chi connectivity index (χ4n) is 2.63. The van der Waals surface area contributed by atoms with Gasteiger partial charge in [0.2, 0.25) is 0 Å². The maximum absolute atomic E-state index is 13.2. The van der Waals surface area contributed by atoms with Gasteiger partial charge in [-0.05, 0) is 80.8 Å². The summed E-state index contributed by atoms with van der Waals surface area (Å²) in [6.45, 7) is 7.00. The van der Waals surface area contributed by atoms with Gasteiger partial charge in [0.05, 0.1) is 6.04 Å². The van der Waals surface area contributed by atoms with Gasteiger partial charge in [-0.3, -0.25) is 0 Å². The van der Waals surface area contributed by atoms with E-state index in [-0.39, 0.29) is 18.0 Å². The van der Waals surface area contributed by atoms with Gasteiger partial charge in [0.25, 0.3) is 0 Å². The van der Waals surface area contributed by atoms with Crippen LogP contribution in [0.3, 0.4) is 0 Å². The molecule has 1 amide bonds. The van der Waals surface area contributed by atoms with E-state index in [2.05, 4.69) is 27.9 Å². The monoisotopic (exact) mass is 434 g/mol. The number of nitrogens with one attached hydrogen (secondary N) is 1. The number of rotatable bonds is 3. The minimum atomic E-state index is -0.487.